The topological polar surface area (TPSA) is 57.8 Å². The van der Waals surface area contributed by atoms with E-state index in [9.17, 15) is 4.79 Å². The Balaban J connectivity index is 1.79. The number of aromatic nitrogens is 2. The Hall–Kier alpha value is -1.27. The summed E-state index contributed by atoms with van der Waals surface area (Å²) in [4.78, 5) is 13.5. The smallest absolute Gasteiger partial charge is 0.253 e. The van der Waals surface area contributed by atoms with Gasteiger partial charge in [0.05, 0.1) is 20.3 Å². The zero-order valence-corrected chi connectivity index (χ0v) is 13.4. The van der Waals surface area contributed by atoms with Gasteiger partial charge in [0, 0.05) is 24.4 Å². The summed E-state index contributed by atoms with van der Waals surface area (Å²) in [6.45, 7) is 2.90. The van der Waals surface area contributed by atoms with E-state index in [-0.39, 0.29) is 5.91 Å². The van der Waals surface area contributed by atoms with Crippen molar-refractivity contribution in [3.8, 4) is 10.6 Å². The largest absolute Gasteiger partial charge is 0.351 e. The van der Waals surface area contributed by atoms with Crippen LogP contribution in [0.25, 0.3) is 10.6 Å². The quantitative estimate of drug-likeness (QED) is 0.848. The average Bonchev–Trinajstić information content (AvgIpc) is 3.01. The Labute approximate surface area is 131 Å². The maximum atomic E-state index is 12.4. The first kappa shape index (κ1) is 13.4. The molecule has 2 aromatic heterocycles. The average molecular weight is 319 g/mol. The van der Waals surface area contributed by atoms with Gasteiger partial charge >= 0.3 is 0 Å². The first-order valence-electron chi connectivity index (χ1n) is 7.31. The lowest BCUT2D eigenvalue weighted by Gasteiger charge is -2.21. The van der Waals surface area contributed by atoms with Crippen molar-refractivity contribution in [3.05, 3.63) is 23.4 Å². The fraction of sp³-hybridized carbons (Fsp3) is 0.467. The van der Waals surface area contributed by atoms with Crippen LogP contribution in [0.4, 0.5) is 0 Å². The van der Waals surface area contributed by atoms with Crippen LogP contribution in [-0.4, -0.2) is 28.4 Å². The number of fused-ring (bicyclic) bond motifs is 1. The summed E-state index contributed by atoms with van der Waals surface area (Å²) in [5.74, 6) is 2.43. The van der Waals surface area contributed by atoms with Crippen LogP contribution < -0.4 is 5.32 Å². The first-order chi connectivity index (χ1) is 10.2. The Bertz CT molecular complexity index is 673. The van der Waals surface area contributed by atoms with Crippen molar-refractivity contribution < 1.29 is 4.79 Å². The number of hydrogen-bond donors (Lipinski definition) is 2. The molecule has 21 heavy (non-hydrogen) atoms. The number of H-pyrrole nitrogens is 1. The van der Waals surface area contributed by atoms with E-state index >= 15 is 0 Å². The molecule has 1 amide bonds. The predicted octanol–water partition coefficient (Wildman–Crippen LogP) is 3.49. The molecule has 1 fully saturated rings. The normalized spacial score (nSPS) is 21.2. The van der Waals surface area contributed by atoms with Crippen LogP contribution in [0, 0.1) is 5.92 Å². The third kappa shape index (κ3) is 2.40. The molecule has 1 unspecified atom stereocenters. The van der Waals surface area contributed by atoms with E-state index in [2.05, 4.69) is 22.4 Å². The van der Waals surface area contributed by atoms with Gasteiger partial charge in [-0.1, -0.05) is 6.92 Å². The van der Waals surface area contributed by atoms with Gasteiger partial charge in [-0.2, -0.15) is 5.10 Å². The van der Waals surface area contributed by atoms with Crippen LogP contribution in [0.5, 0.6) is 0 Å². The molecule has 1 aliphatic heterocycles. The Kier molecular flexibility index (Phi) is 3.30. The molecule has 2 N–H and O–H groups in total. The highest BCUT2D eigenvalue weighted by Gasteiger charge is 2.32. The predicted molar refractivity (Wildman–Crippen MR) is 86.1 cm³/mol. The molecule has 1 aliphatic carbocycles. The lowest BCUT2D eigenvalue weighted by Crippen LogP contribution is -2.33. The molecule has 1 atom stereocenters. The van der Waals surface area contributed by atoms with Crippen molar-refractivity contribution in [3.63, 3.8) is 0 Å². The van der Waals surface area contributed by atoms with Crippen LogP contribution in [0.15, 0.2) is 16.5 Å². The Morgan fingerprint density at radius 1 is 1.48 bits per heavy atom. The number of nitrogens with zero attached hydrogens (tertiary/aromatic N) is 1. The second kappa shape index (κ2) is 5.18. The van der Waals surface area contributed by atoms with Gasteiger partial charge < -0.3 is 5.32 Å². The SMILES string of the molecule is CC1CNC(=O)c2c(SCC3CC3)sc(-c3ccn[nH]3)c21. The zero-order valence-electron chi connectivity index (χ0n) is 11.8. The maximum Gasteiger partial charge on any atom is 0.253 e. The zero-order chi connectivity index (χ0) is 14.4. The van der Waals surface area contributed by atoms with Crippen LogP contribution in [0.1, 0.15) is 41.6 Å². The molecule has 4 nitrogen and oxygen atoms in total. The summed E-state index contributed by atoms with van der Waals surface area (Å²) < 4.78 is 1.17. The molecule has 3 heterocycles. The van der Waals surface area contributed by atoms with Crippen LogP contribution >= 0.6 is 23.1 Å². The van der Waals surface area contributed by atoms with Gasteiger partial charge in [-0.3, -0.25) is 9.89 Å². The molecule has 1 saturated carbocycles. The maximum absolute atomic E-state index is 12.4. The Morgan fingerprint density at radius 2 is 2.33 bits per heavy atom. The lowest BCUT2D eigenvalue weighted by atomic mass is 9.93. The summed E-state index contributed by atoms with van der Waals surface area (Å²) in [5, 5.41) is 10.1. The van der Waals surface area contributed by atoms with Gasteiger partial charge in [-0.15, -0.1) is 23.1 Å². The molecule has 0 spiro atoms. The molecular weight excluding hydrogens is 302 g/mol. The van der Waals surface area contributed by atoms with Gasteiger partial charge in [0.1, 0.15) is 0 Å². The molecule has 6 heteroatoms. The highest BCUT2D eigenvalue weighted by Crippen LogP contribution is 2.47. The van der Waals surface area contributed by atoms with E-state index in [0.717, 1.165) is 29.5 Å². The van der Waals surface area contributed by atoms with E-state index in [4.69, 9.17) is 0 Å². The molecule has 4 rings (SSSR count). The molecular formula is C15H17N3OS2. The molecule has 110 valence electrons. The summed E-state index contributed by atoms with van der Waals surface area (Å²) in [6.07, 6.45) is 4.46. The van der Waals surface area contributed by atoms with Crippen molar-refractivity contribution in [2.24, 2.45) is 5.92 Å². The van der Waals surface area contributed by atoms with E-state index < -0.39 is 0 Å². The lowest BCUT2D eigenvalue weighted by molar-refractivity contribution is 0.0939. The number of amides is 1. The monoisotopic (exact) mass is 319 g/mol. The van der Waals surface area contributed by atoms with Gasteiger partial charge in [0.15, 0.2) is 0 Å². The number of aromatic amines is 1. The van der Waals surface area contributed by atoms with Gasteiger partial charge in [-0.05, 0) is 30.4 Å². The van der Waals surface area contributed by atoms with Crippen LogP contribution in [0.2, 0.25) is 0 Å². The van der Waals surface area contributed by atoms with Gasteiger partial charge in [0.25, 0.3) is 5.91 Å². The van der Waals surface area contributed by atoms with Crippen molar-refractivity contribution in [1.82, 2.24) is 15.5 Å². The highest BCUT2D eigenvalue weighted by atomic mass is 32.2. The minimum Gasteiger partial charge on any atom is -0.351 e. The second-order valence-electron chi connectivity index (χ2n) is 5.84. The van der Waals surface area contributed by atoms with Crippen LogP contribution in [-0.2, 0) is 0 Å². The number of carbonyl (C=O) groups is 1. The van der Waals surface area contributed by atoms with E-state index in [1.54, 1.807) is 17.5 Å². The van der Waals surface area contributed by atoms with Crippen LogP contribution in [0.3, 0.4) is 0 Å². The minimum absolute atomic E-state index is 0.0865. The third-order valence-corrected chi connectivity index (χ3v) is 6.84. The first-order valence-corrected chi connectivity index (χ1v) is 9.11. The van der Waals surface area contributed by atoms with Crippen molar-refractivity contribution in [2.75, 3.05) is 12.3 Å². The molecule has 0 radical (unpaired) electrons. The molecule has 2 aliphatic rings. The summed E-state index contributed by atoms with van der Waals surface area (Å²) in [5.41, 5.74) is 3.14. The number of thioether (sulfide) groups is 1. The van der Waals surface area contributed by atoms with Gasteiger partial charge in [0.2, 0.25) is 0 Å². The van der Waals surface area contributed by atoms with E-state index in [1.807, 2.05) is 17.8 Å². The molecule has 2 aromatic rings. The molecule has 0 saturated heterocycles. The van der Waals surface area contributed by atoms with E-state index in [0.29, 0.717) is 5.92 Å². The number of rotatable bonds is 4. The third-order valence-electron chi connectivity index (χ3n) is 4.09. The number of thiophene rings is 1. The van der Waals surface area contributed by atoms with Gasteiger partial charge in [-0.25, -0.2) is 0 Å². The van der Waals surface area contributed by atoms with Crippen molar-refractivity contribution in [2.45, 2.75) is 29.9 Å². The fourth-order valence-electron chi connectivity index (χ4n) is 2.71. The standard InChI is InChI=1S/C15H17N3OS2/c1-8-6-16-14(19)12-11(8)13(10-4-5-17-18-10)21-15(12)20-7-9-2-3-9/h4-5,8-9H,2-3,6-7H2,1H3,(H,16,19)(H,17,18). The fourth-order valence-corrected chi connectivity index (χ4v) is 5.59. The van der Waals surface area contributed by atoms with Crippen molar-refractivity contribution >= 4 is 29.0 Å². The number of carbonyl (C=O) groups excluding carboxylic acids is 1. The summed E-state index contributed by atoms with van der Waals surface area (Å²) in [6, 6.07) is 1.99. The Morgan fingerprint density at radius 3 is 3.05 bits per heavy atom. The minimum atomic E-state index is 0.0865. The van der Waals surface area contributed by atoms with Crippen molar-refractivity contribution in [1.29, 1.82) is 0 Å². The summed E-state index contributed by atoms with van der Waals surface area (Å²) >= 11 is 3.59. The second-order valence-corrected chi connectivity index (χ2v) is 8.15. The highest BCUT2D eigenvalue weighted by molar-refractivity contribution is 8.01. The number of hydrogen-bond acceptors (Lipinski definition) is 4. The number of nitrogens with one attached hydrogen (secondary N) is 2. The molecule has 0 bridgehead atoms. The van der Waals surface area contributed by atoms with E-state index in [1.165, 1.54) is 27.5 Å². The summed E-state index contributed by atoms with van der Waals surface area (Å²) in [7, 11) is 0. The molecule has 0 aromatic carbocycles.